The van der Waals surface area contributed by atoms with Gasteiger partial charge >= 0.3 is 0 Å². The summed E-state index contributed by atoms with van der Waals surface area (Å²) in [6.45, 7) is 0.437. The number of amides is 1. The van der Waals surface area contributed by atoms with Gasteiger partial charge in [-0.2, -0.15) is 0 Å². The van der Waals surface area contributed by atoms with Crippen molar-refractivity contribution in [1.82, 2.24) is 0 Å². The van der Waals surface area contributed by atoms with Gasteiger partial charge in [-0.1, -0.05) is 0 Å². The smallest absolute Gasteiger partial charge is 0.232 e. The first kappa shape index (κ1) is 10.6. The van der Waals surface area contributed by atoms with Gasteiger partial charge in [-0.05, 0) is 46.6 Å². The summed E-state index contributed by atoms with van der Waals surface area (Å²) >= 11 is 3.10. The summed E-state index contributed by atoms with van der Waals surface area (Å²) in [5, 5.41) is 2.64. The van der Waals surface area contributed by atoms with E-state index in [-0.39, 0.29) is 17.6 Å². The average molecular weight is 273 g/mol. The summed E-state index contributed by atoms with van der Waals surface area (Å²) in [6, 6.07) is 2.97. The van der Waals surface area contributed by atoms with Crippen molar-refractivity contribution >= 4 is 27.5 Å². The van der Waals surface area contributed by atoms with E-state index >= 15 is 0 Å². The highest BCUT2D eigenvalue weighted by molar-refractivity contribution is 9.10. The maximum Gasteiger partial charge on any atom is 0.232 e. The molecule has 5 heteroatoms. The Morgan fingerprint density at radius 2 is 2.27 bits per heavy atom. The SMILES string of the molecule is NCCC1C(=O)Nc2cc(F)c(Br)cc21. The van der Waals surface area contributed by atoms with Crippen LogP contribution in [0.5, 0.6) is 0 Å². The van der Waals surface area contributed by atoms with Crippen molar-refractivity contribution in [2.75, 3.05) is 11.9 Å². The highest BCUT2D eigenvalue weighted by Crippen LogP contribution is 2.37. The fourth-order valence-electron chi connectivity index (χ4n) is 1.77. The highest BCUT2D eigenvalue weighted by Gasteiger charge is 2.30. The van der Waals surface area contributed by atoms with Gasteiger partial charge in [0.2, 0.25) is 5.91 Å². The van der Waals surface area contributed by atoms with Crippen LogP contribution in [0.1, 0.15) is 17.9 Å². The number of carbonyl (C=O) groups is 1. The summed E-state index contributed by atoms with van der Waals surface area (Å²) in [5.41, 5.74) is 6.80. The van der Waals surface area contributed by atoms with E-state index in [1.807, 2.05) is 0 Å². The third-order valence-corrected chi connectivity index (χ3v) is 3.11. The van der Waals surface area contributed by atoms with E-state index < -0.39 is 0 Å². The molecule has 1 atom stereocenters. The van der Waals surface area contributed by atoms with E-state index in [0.717, 1.165) is 5.56 Å². The molecule has 1 heterocycles. The minimum Gasteiger partial charge on any atom is -0.330 e. The summed E-state index contributed by atoms with van der Waals surface area (Å²) in [4.78, 5) is 11.5. The molecule has 1 aromatic rings. The Kier molecular flexibility index (Phi) is 2.75. The van der Waals surface area contributed by atoms with Gasteiger partial charge in [0.05, 0.1) is 10.4 Å². The lowest BCUT2D eigenvalue weighted by Gasteiger charge is -2.06. The van der Waals surface area contributed by atoms with Gasteiger partial charge < -0.3 is 11.1 Å². The number of rotatable bonds is 2. The van der Waals surface area contributed by atoms with Gasteiger partial charge in [0.25, 0.3) is 0 Å². The van der Waals surface area contributed by atoms with Crippen LogP contribution in [0.15, 0.2) is 16.6 Å². The number of hydrogen-bond donors (Lipinski definition) is 2. The standard InChI is InChI=1S/C10H10BrFN2O/c11-7-3-6-5(1-2-13)10(15)14-9(6)4-8(7)12/h3-5H,1-2,13H2,(H,14,15). The topological polar surface area (TPSA) is 55.1 Å². The van der Waals surface area contributed by atoms with Crippen molar-refractivity contribution in [2.24, 2.45) is 5.73 Å². The number of nitrogens with one attached hydrogen (secondary N) is 1. The second kappa shape index (κ2) is 3.90. The Labute approximate surface area is 95.0 Å². The molecule has 3 N–H and O–H groups in total. The Morgan fingerprint density at radius 3 is 2.93 bits per heavy atom. The van der Waals surface area contributed by atoms with Crippen molar-refractivity contribution in [3.63, 3.8) is 0 Å². The molecule has 80 valence electrons. The van der Waals surface area contributed by atoms with Gasteiger partial charge in [-0.15, -0.1) is 0 Å². The van der Waals surface area contributed by atoms with Crippen molar-refractivity contribution in [3.8, 4) is 0 Å². The molecule has 3 nitrogen and oxygen atoms in total. The number of nitrogens with two attached hydrogens (primary N) is 1. The van der Waals surface area contributed by atoms with E-state index in [0.29, 0.717) is 23.1 Å². The summed E-state index contributed by atoms with van der Waals surface area (Å²) in [6.07, 6.45) is 0.580. The van der Waals surface area contributed by atoms with Crippen LogP contribution in [0.3, 0.4) is 0 Å². The first-order valence-corrected chi connectivity index (χ1v) is 5.42. The Bertz CT molecular complexity index is 422. The molecule has 2 rings (SSSR count). The zero-order chi connectivity index (χ0) is 11.0. The monoisotopic (exact) mass is 272 g/mol. The van der Waals surface area contributed by atoms with E-state index in [1.165, 1.54) is 6.07 Å². The van der Waals surface area contributed by atoms with Crippen molar-refractivity contribution in [3.05, 3.63) is 28.0 Å². The van der Waals surface area contributed by atoms with Crippen LogP contribution in [0.2, 0.25) is 0 Å². The zero-order valence-corrected chi connectivity index (χ0v) is 9.47. The van der Waals surface area contributed by atoms with Gasteiger partial charge in [-0.3, -0.25) is 4.79 Å². The number of hydrogen-bond acceptors (Lipinski definition) is 2. The van der Waals surface area contributed by atoms with Crippen LogP contribution in [0.4, 0.5) is 10.1 Å². The molecule has 0 spiro atoms. The van der Waals surface area contributed by atoms with Crippen LogP contribution in [0, 0.1) is 5.82 Å². The summed E-state index contributed by atoms with van der Waals surface area (Å²) in [5.74, 6) is -0.725. The first-order chi connectivity index (χ1) is 7.13. The fourth-order valence-corrected chi connectivity index (χ4v) is 2.13. The molecule has 0 saturated heterocycles. The second-order valence-electron chi connectivity index (χ2n) is 3.47. The molecule has 0 saturated carbocycles. The molecule has 1 aliphatic rings. The molecule has 0 fully saturated rings. The Hall–Kier alpha value is -0.940. The van der Waals surface area contributed by atoms with E-state index in [9.17, 15) is 9.18 Å². The van der Waals surface area contributed by atoms with Gasteiger partial charge in [0.15, 0.2) is 0 Å². The maximum absolute atomic E-state index is 13.2. The quantitative estimate of drug-likeness (QED) is 0.865. The minimum atomic E-state index is -0.373. The molecular formula is C10H10BrFN2O. The van der Waals surface area contributed by atoms with E-state index in [2.05, 4.69) is 21.2 Å². The number of halogens is 2. The number of fused-ring (bicyclic) bond motifs is 1. The minimum absolute atomic E-state index is 0.104. The zero-order valence-electron chi connectivity index (χ0n) is 7.89. The molecule has 1 amide bonds. The third-order valence-electron chi connectivity index (χ3n) is 2.50. The number of benzene rings is 1. The molecule has 0 aromatic heterocycles. The van der Waals surface area contributed by atoms with Gasteiger partial charge in [0, 0.05) is 5.69 Å². The van der Waals surface area contributed by atoms with Crippen molar-refractivity contribution < 1.29 is 9.18 Å². The second-order valence-corrected chi connectivity index (χ2v) is 4.33. The number of anilines is 1. The highest BCUT2D eigenvalue weighted by atomic mass is 79.9. The van der Waals surface area contributed by atoms with Crippen LogP contribution in [-0.2, 0) is 4.79 Å². The first-order valence-electron chi connectivity index (χ1n) is 4.63. The van der Waals surface area contributed by atoms with E-state index in [4.69, 9.17) is 5.73 Å². The van der Waals surface area contributed by atoms with Crippen molar-refractivity contribution in [2.45, 2.75) is 12.3 Å². The van der Waals surface area contributed by atoms with Gasteiger partial charge in [0.1, 0.15) is 5.82 Å². The van der Waals surface area contributed by atoms with Crippen LogP contribution >= 0.6 is 15.9 Å². The molecule has 0 aliphatic carbocycles. The van der Waals surface area contributed by atoms with Gasteiger partial charge in [-0.25, -0.2) is 4.39 Å². The normalized spacial score (nSPS) is 18.9. The lowest BCUT2D eigenvalue weighted by molar-refractivity contribution is -0.117. The maximum atomic E-state index is 13.2. The summed E-state index contributed by atoms with van der Waals surface area (Å²) in [7, 11) is 0. The average Bonchev–Trinajstić information content (AvgIpc) is 2.46. The molecule has 15 heavy (non-hydrogen) atoms. The predicted molar refractivity (Wildman–Crippen MR) is 59.1 cm³/mol. The van der Waals surface area contributed by atoms with Crippen LogP contribution in [0.25, 0.3) is 0 Å². The molecule has 1 unspecified atom stereocenters. The Morgan fingerprint density at radius 1 is 1.53 bits per heavy atom. The Balaban J connectivity index is 2.44. The number of carbonyl (C=O) groups excluding carboxylic acids is 1. The molecule has 0 bridgehead atoms. The lowest BCUT2D eigenvalue weighted by atomic mass is 9.97. The lowest BCUT2D eigenvalue weighted by Crippen LogP contribution is -2.15. The van der Waals surface area contributed by atoms with E-state index in [1.54, 1.807) is 6.07 Å². The molecular weight excluding hydrogens is 263 g/mol. The largest absolute Gasteiger partial charge is 0.330 e. The summed E-state index contributed by atoms with van der Waals surface area (Å²) < 4.78 is 13.6. The molecule has 1 aromatic carbocycles. The predicted octanol–water partition coefficient (Wildman–Crippen LogP) is 1.97. The molecule has 0 radical (unpaired) electrons. The third kappa shape index (κ3) is 1.77. The fraction of sp³-hybridized carbons (Fsp3) is 0.300. The van der Waals surface area contributed by atoms with Crippen molar-refractivity contribution in [1.29, 1.82) is 0 Å². The van der Waals surface area contributed by atoms with Crippen LogP contribution in [-0.4, -0.2) is 12.5 Å². The molecule has 1 aliphatic heterocycles. The van der Waals surface area contributed by atoms with Crippen LogP contribution < -0.4 is 11.1 Å².